The number of ether oxygens (including phenoxy) is 2. The van der Waals surface area contributed by atoms with Gasteiger partial charge in [0.1, 0.15) is 12.4 Å². The van der Waals surface area contributed by atoms with E-state index < -0.39 is 35.0 Å². The molecule has 5 rings (SSSR count). The number of thiazole rings is 1. The quantitative estimate of drug-likeness (QED) is 0.142. The Kier molecular flexibility index (Phi) is 9.95. The number of benzene rings is 3. The van der Waals surface area contributed by atoms with Crippen molar-refractivity contribution in [1.29, 1.82) is 0 Å². The summed E-state index contributed by atoms with van der Waals surface area (Å²) in [6, 6.07) is 15.2. The Balaban J connectivity index is 1.71. The van der Waals surface area contributed by atoms with Gasteiger partial charge in [-0.3, -0.25) is 9.36 Å². The Labute approximate surface area is 284 Å². The number of rotatable bonds is 7. The van der Waals surface area contributed by atoms with Crippen LogP contribution in [-0.4, -0.2) is 23.3 Å². The van der Waals surface area contributed by atoms with Gasteiger partial charge in [0.05, 0.1) is 26.3 Å². The van der Waals surface area contributed by atoms with Gasteiger partial charge in [-0.05, 0) is 83.1 Å². The average Bonchev–Trinajstić information content (AvgIpc) is 3.27. The molecule has 0 N–H and O–H groups in total. The van der Waals surface area contributed by atoms with E-state index >= 15 is 0 Å². The molecule has 0 amide bonds. The van der Waals surface area contributed by atoms with Gasteiger partial charge < -0.3 is 9.47 Å². The van der Waals surface area contributed by atoms with Gasteiger partial charge in [-0.1, -0.05) is 74.7 Å². The number of hydrogen-bond donors (Lipinski definition) is 0. The van der Waals surface area contributed by atoms with Crippen molar-refractivity contribution in [2.24, 2.45) is 4.99 Å². The van der Waals surface area contributed by atoms with Crippen molar-refractivity contribution in [3.05, 3.63) is 126 Å². The molecule has 14 heteroatoms. The van der Waals surface area contributed by atoms with Crippen molar-refractivity contribution in [2.45, 2.75) is 25.7 Å². The second kappa shape index (κ2) is 13.4. The minimum Gasteiger partial charge on any atom is -0.487 e. The molecule has 3 aromatic carbocycles. The second-order valence-corrected chi connectivity index (χ2v) is 13.3. The van der Waals surface area contributed by atoms with Crippen LogP contribution in [0.5, 0.6) is 5.75 Å². The zero-order valence-corrected chi connectivity index (χ0v) is 28.5. The highest BCUT2D eigenvalue weighted by Crippen LogP contribution is 2.38. The van der Waals surface area contributed by atoms with Gasteiger partial charge in [0.25, 0.3) is 5.56 Å². The highest BCUT2D eigenvalue weighted by Gasteiger charge is 2.45. The molecule has 6 nitrogen and oxygen atoms in total. The fraction of sp³-hybridized carbons (Fsp3) is 0.167. The van der Waals surface area contributed by atoms with Crippen molar-refractivity contribution in [2.75, 3.05) is 6.61 Å². The molecule has 4 aromatic rings. The Morgan fingerprint density at radius 2 is 1.80 bits per heavy atom. The van der Waals surface area contributed by atoms with Crippen molar-refractivity contribution >= 4 is 85.1 Å². The third-order valence-electron chi connectivity index (χ3n) is 6.40. The Morgan fingerprint density at radius 3 is 2.43 bits per heavy atom. The molecule has 228 valence electrons. The number of allylic oxidation sites excluding steroid dienone is 1. The van der Waals surface area contributed by atoms with Crippen LogP contribution in [0.25, 0.3) is 6.08 Å². The van der Waals surface area contributed by atoms with Crippen LogP contribution in [0.15, 0.2) is 86.2 Å². The maximum absolute atomic E-state index is 14.4. The van der Waals surface area contributed by atoms with Crippen molar-refractivity contribution in [3.8, 4) is 5.75 Å². The van der Waals surface area contributed by atoms with Crippen LogP contribution in [-0.2, 0) is 16.1 Å². The second-order valence-electron chi connectivity index (χ2n) is 9.34. The number of aromatic nitrogens is 1. The lowest BCUT2D eigenvalue weighted by atomic mass is 9.95. The van der Waals surface area contributed by atoms with Crippen LogP contribution in [0.4, 0.5) is 13.2 Å². The molecule has 0 radical (unpaired) electrons. The summed E-state index contributed by atoms with van der Waals surface area (Å²) in [5.41, 5.74) is -1.34. The highest BCUT2D eigenvalue weighted by atomic mass is 127. The standard InChI is InChI=1S/C30H19BrCl2F3IN2O4S/c1-2-42-28(41)23-24(16-5-9-19(32)10-6-16)39-27(40)22(44-29(39)38-26(23)30(34,35)36)12-17-11-20(33)13-21(37)25(17)43-14-15-3-7-18(31)8-4-15/h3-13,24H,2,14H2,1H3/b22-12-/t24-/m1/s1. The lowest BCUT2D eigenvalue weighted by molar-refractivity contribution is -0.140. The number of esters is 1. The van der Waals surface area contributed by atoms with E-state index in [9.17, 15) is 22.8 Å². The molecule has 1 aromatic heterocycles. The summed E-state index contributed by atoms with van der Waals surface area (Å²) >= 11 is 18.6. The normalized spacial score (nSPS) is 15.2. The van der Waals surface area contributed by atoms with Crippen LogP contribution in [0.3, 0.4) is 0 Å². The van der Waals surface area contributed by atoms with Crippen LogP contribution < -0.4 is 19.6 Å². The summed E-state index contributed by atoms with van der Waals surface area (Å²) in [7, 11) is 0. The first-order valence-corrected chi connectivity index (χ1v) is 16.2. The lowest BCUT2D eigenvalue weighted by Crippen LogP contribution is -2.41. The van der Waals surface area contributed by atoms with Crippen LogP contribution in [0, 0.1) is 3.57 Å². The molecule has 0 fully saturated rings. The summed E-state index contributed by atoms with van der Waals surface area (Å²) in [4.78, 5) is 30.5. The van der Waals surface area contributed by atoms with Gasteiger partial charge in [-0.15, -0.1) is 0 Å². The van der Waals surface area contributed by atoms with E-state index in [1.54, 1.807) is 12.1 Å². The van der Waals surface area contributed by atoms with Gasteiger partial charge in [-0.25, -0.2) is 9.79 Å². The highest BCUT2D eigenvalue weighted by molar-refractivity contribution is 14.1. The third-order valence-corrected chi connectivity index (χ3v) is 9.18. The van der Waals surface area contributed by atoms with E-state index in [1.807, 2.05) is 24.3 Å². The SMILES string of the molecule is CCOC(=O)C1=C(C(F)(F)F)N=c2s/c(=C\c3cc(Cl)cc(I)c3OCc3ccc(Br)cc3)c(=O)n2[C@@H]1c1ccc(Cl)cc1. The number of alkyl halides is 3. The summed E-state index contributed by atoms with van der Waals surface area (Å²) in [5, 5.41) is 0.692. The summed E-state index contributed by atoms with van der Waals surface area (Å²) in [6.07, 6.45) is -3.52. The van der Waals surface area contributed by atoms with E-state index in [0.29, 0.717) is 24.9 Å². The minimum atomic E-state index is -5.01. The van der Waals surface area contributed by atoms with E-state index in [1.165, 1.54) is 37.3 Å². The number of fused-ring (bicyclic) bond motifs is 1. The number of carbonyl (C=O) groups excluding carboxylic acids is 1. The molecule has 0 unspecified atom stereocenters. The van der Waals surface area contributed by atoms with Crippen LogP contribution in [0.2, 0.25) is 10.0 Å². The van der Waals surface area contributed by atoms with Crippen LogP contribution >= 0.6 is 73.1 Å². The number of carbonyl (C=O) groups is 1. The molecule has 0 spiro atoms. The van der Waals surface area contributed by atoms with E-state index in [0.717, 1.165) is 25.9 Å². The monoisotopic (exact) mass is 836 g/mol. The van der Waals surface area contributed by atoms with Gasteiger partial charge in [0.2, 0.25) is 0 Å². The molecule has 1 aliphatic heterocycles. The minimum absolute atomic E-state index is 0.0564. The topological polar surface area (TPSA) is 69.9 Å². The molecule has 0 saturated heterocycles. The molecular weight excluding hydrogens is 819 g/mol. The molecule has 0 bridgehead atoms. The first-order valence-electron chi connectivity index (χ1n) is 12.8. The first-order chi connectivity index (χ1) is 20.9. The van der Waals surface area contributed by atoms with Crippen LogP contribution in [0.1, 0.15) is 29.7 Å². The van der Waals surface area contributed by atoms with Crippen molar-refractivity contribution in [3.63, 3.8) is 0 Å². The van der Waals surface area contributed by atoms with E-state index in [4.69, 9.17) is 32.7 Å². The summed E-state index contributed by atoms with van der Waals surface area (Å²) < 4.78 is 57.0. The maximum Gasteiger partial charge on any atom is 0.434 e. The van der Waals surface area contributed by atoms with Gasteiger partial charge >= 0.3 is 12.1 Å². The largest absolute Gasteiger partial charge is 0.487 e. The molecule has 0 aliphatic carbocycles. The number of nitrogens with zero attached hydrogens (tertiary/aromatic N) is 2. The predicted octanol–water partition coefficient (Wildman–Crippen LogP) is 7.59. The third kappa shape index (κ3) is 6.94. The summed E-state index contributed by atoms with van der Waals surface area (Å²) in [5.74, 6) is -0.799. The zero-order valence-electron chi connectivity index (χ0n) is 22.4. The smallest absolute Gasteiger partial charge is 0.434 e. The predicted molar refractivity (Wildman–Crippen MR) is 175 cm³/mol. The Bertz CT molecular complexity index is 1960. The van der Waals surface area contributed by atoms with E-state index in [2.05, 4.69) is 43.5 Å². The number of hydrogen-bond acceptors (Lipinski definition) is 6. The maximum atomic E-state index is 14.4. The van der Waals surface area contributed by atoms with Gasteiger partial charge in [0, 0.05) is 20.1 Å². The van der Waals surface area contributed by atoms with Gasteiger partial charge in [0.15, 0.2) is 10.5 Å². The van der Waals surface area contributed by atoms with Crippen molar-refractivity contribution in [1.82, 2.24) is 4.57 Å². The number of halogens is 7. The Morgan fingerprint density at radius 1 is 1.11 bits per heavy atom. The first kappa shape index (κ1) is 32.7. The fourth-order valence-electron chi connectivity index (χ4n) is 4.52. The molecule has 0 saturated carbocycles. The molecular formula is C30H19BrCl2F3IN2O4S. The van der Waals surface area contributed by atoms with E-state index in [-0.39, 0.29) is 28.1 Å². The molecule has 44 heavy (non-hydrogen) atoms. The summed E-state index contributed by atoms with van der Waals surface area (Å²) in [6.45, 7) is 1.50. The Hall–Kier alpha value is -2.65. The van der Waals surface area contributed by atoms with Gasteiger partial charge in [-0.2, -0.15) is 13.2 Å². The molecule has 1 aliphatic rings. The lowest BCUT2D eigenvalue weighted by Gasteiger charge is -2.26. The van der Waals surface area contributed by atoms with Crippen molar-refractivity contribution < 1.29 is 27.4 Å². The molecule has 1 atom stereocenters. The fourth-order valence-corrected chi connectivity index (χ4v) is 7.11. The zero-order chi connectivity index (χ0) is 31.8. The average molecular weight is 838 g/mol. The molecule has 2 heterocycles.